The second-order valence-electron chi connectivity index (χ2n) is 6.73. The third kappa shape index (κ3) is 2.03. The first-order valence-corrected chi connectivity index (χ1v) is 7.20. The highest BCUT2D eigenvalue weighted by atomic mass is 16.3. The lowest BCUT2D eigenvalue weighted by atomic mass is 9.66. The quantitative estimate of drug-likeness (QED) is 0.752. The summed E-state index contributed by atoms with van der Waals surface area (Å²) in [5, 5.41) is 9.26. The first-order chi connectivity index (χ1) is 7.59. The van der Waals surface area contributed by atoms with Crippen LogP contribution < -0.4 is 0 Å². The van der Waals surface area contributed by atoms with Gasteiger partial charge in [-0.1, -0.05) is 27.2 Å². The molecule has 0 heterocycles. The number of hydrogen-bond acceptors (Lipinski definition) is 1. The monoisotopic (exact) mass is 224 g/mol. The highest BCUT2D eigenvalue weighted by molar-refractivity contribution is 5.01. The van der Waals surface area contributed by atoms with E-state index in [-0.39, 0.29) is 0 Å². The van der Waals surface area contributed by atoms with E-state index in [4.69, 9.17) is 0 Å². The van der Waals surface area contributed by atoms with Crippen LogP contribution in [0.5, 0.6) is 0 Å². The van der Waals surface area contributed by atoms with Crippen LogP contribution in [0.15, 0.2) is 0 Å². The van der Waals surface area contributed by atoms with Crippen LogP contribution in [0.1, 0.15) is 59.3 Å². The number of rotatable bonds is 5. The third-order valence-electron chi connectivity index (χ3n) is 5.77. The fourth-order valence-corrected chi connectivity index (χ4v) is 4.42. The minimum atomic E-state index is 0.387. The Morgan fingerprint density at radius 1 is 1.31 bits per heavy atom. The molecule has 4 unspecified atom stereocenters. The van der Waals surface area contributed by atoms with Crippen molar-refractivity contribution in [3.63, 3.8) is 0 Å². The Morgan fingerprint density at radius 3 is 2.56 bits per heavy atom. The van der Waals surface area contributed by atoms with Gasteiger partial charge in [-0.3, -0.25) is 0 Å². The van der Waals surface area contributed by atoms with Crippen LogP contribution in [0.2, 0.25) is 0 Å². The average molecular weight is 224 g/mol. The first kappa shape index (κ1) is 12.4. The van der Waals surface area contributed by atoms with Gasteiger partial charge in [0.2, 0.25) is 0 Å². The predicted molar refractivity (Wildman–Crippen MR) is 68.2 cm³/mol. The smallest absolute Gasteiger partial charge is 0.0459 e. The van der Waals surface area contributed by atoms with Crippen LogP contribution in [0.4, 0.5) is 0 Å². The first-order valence-electron chi connectivity index (χ1n) is 7.20. The highest BCUT2D eigenvalue weighted by Crippen LogP contribution is 2.60. The summed E-state index contributed by atoms with van der Waals surface area (Å²) in [7, 11) is 0. The molecule has 1 heteroatoms. The number of aliphatic hydroxyl groups is 1. The molecular formula is C15H28O. The van der Waals surface area contributed by atoms with Gasteiger partial charge in [-0.05, 0) is 61.2 Å². The van der Waals surface area contributed by atoms with Crippen molar-refractivity contribution in [1.82, 2.24) is 0 Å². The molecule has 0 amide bonds. The molecule has 0 aromatic heterocycles. The molecule has 2 rings (SSSR count). The van der Waals surface area contributed by atoms with Gasteiger partial charge in [0.25, 0.3) is 0 Å². The second kappa shape index (κ2) is 4.68. The molecule has 1 N–H and O–H groups in total. The molecule has 16 heavy (non-hydrogen) atoms. The lowest BCUT2D eigenvalue weighted by Gasteiger charge is -2.39. The zero-order valence-corrected chi connectivity index (χ0v) is 11.2. The van der Waals surface area contributed by atoms with Crippen LogP contribution in [0.25, 0.3) is 0 Å². The Balaban J connectivity index is 1.90. The summed E-state index contributed by atoms with van der Waals surface area (Å²) in [5.41, 5.74) is 0.580. The van der Waals surface area contributed by atoms with E-state index < -0.39 is 0 Å². The SMILES string of the molecule is CCC(CO)CCC1C2CCC(C2)C1(C)C. The van der Waals surface area contributed by atoms with Crippen LogP contribution >= 0.6 is 0 Å². The maximum Gasteiger partial charge on any atom is 0.0459 e. The van der Waals surface area contributed by atoms with E-state index in [2.05, 4.69) is 20.8 Å². The van der Waals surface area contributed by atoms with Crippen molar-refractivity contribution in [2.75, 3.05) is 6.61 Å². The van der Waals surface area contributed by atoms with Gasteiger partial charge in [0, 0.05) is 6.61 Å². The van der Waals surface area contributed by atoms with Crippen LogP contribution in [-0.2, 0) is 0 Å². The zero-order valence-electron chi connectivity index (χ0n) is 11.2. The van der Waals surface area contributed by atoms with Gasteiger partial charge in [0.15, 0.2) is 0 Å². The van der Waals surface area contributed by atoms with Gasteiger partial charge >= 0.3 is 0 Å². The van der Waals surface area contributed by atoms with Gasteiger partial charge in [-0.2, -0.15) is 0 Å². The van der Waals surface area contributed by atoms with Gasteiger partial charge in [0.05, 0.1) is 0 Å². The van der Waals surface area contributed by atoms with E-state index in [1.54, 1.807) is 0 Å². The van der Waals surface area contributed by atoms with E-state index in [0.717, 1.165) is 24.2 Å². The Kier molecular flexibility index (Phi) is 3.63. The third-order valence-corrected chi connectivity index (χ3v) is 5.77. The van der Waals surface area contributed by atoms with Crippen LogP contribution in [-0.4, -0.2) is 11.7 Å². The molecule has 4 atom stereocenters. The van der Waals surface area contributed by atoms with Gasteiger partial charge in [-0.25, -0.2) is 0 Å². The molecule has 0 aliphatic heterocycles. The lowest BCUT2D eigenvalue weighted by Crippen LogP contribution is -2.31. The molecule has 2 aliphatic rings. The molecular weight excluding hydrogens is 196 g/mol. The van der Waals surface area contributed by atoms with Crippen molar-refractivity contribution < 1.29 is 5.11 Å². The maximum atomic E-state index is 9.26. The van der Waals surface area contributed by atoms with Gasteiger partial charge in [-0.15, -0.1) is 0 Å². The summed E-state index contributed by atoms with van der Waals surface area (Å²) < 4.78 is 0. The summed E-state index contributed by atoms with van der Waals surface area (Å²) in [6.45, 7) is 7.56. The molecule has 0 spiro atoms. The van der Waals surface area contributed by atoms with Crippen molar-refractivity contribution in [3.8, 4) is 0 Å². The summed E-state index contributed by atoms with van der Waals surface area (Å²) in [5.74, 6) is 3.50. The van der Waals surface area contributed by atoms with E-state index in [0.29, 0.717) is 17.9 Å². The Hall–Kier alpha value is -0.0400. The lowest BCUT2D eigenvalue weighted by molar-refractivity contribution is 0.101. The topological polar surface area (TPSA) is 20.2 Å². The fraction of sp³-hybridized carbons (Fsp3) is 1.00. The normalized spacial score (nSPS) is 37.9. The zero-order chi connectivity index (χ0) is 11.8. The molecule has 2 fully saturated rings. The molecule has 2 saturated carbocycles. The standard InChI is InChI=1S/C15H28O/c1-4-11(10-16)5-8-14-12-6-7-13(9-12)15(14,2)3/h11-14,16H,4-10H2,1-3H3. The maximum absolute atomic E-state index is 9.26. The van der Waals surface area contributed by atoms with Crippen LogP contribution in [0, 0.1) is 29.1 Å². The second-order valence-corrected chi connectivity index (χ2v) is 6.73. The summed E-state index contributed by atoms with van der Waals surface area (Å²) in [6, 6.07) is 0. The highest BCUT2D eigenvalue weighted by Gasteiger charge is 2.51. The van der Waals surface area contributed by atoms with Crippen molar-refractivity contribution >= 4 is 0 Å². The predicted octanol–water partition coefficient (Wildman–Crippen LogP) is 3.86. The number of fused-ring (bicyclic) bond motifs is 2. The van der Waals surface area contributed by atoms with Crippen molar-refractivity contribution in [2.24, 2.45) is 29.1 Å². The molecule has 0 radical (unpaired) electrons. The fourth-order valence-electron chi connectivity index (χ4n) is 4.42. The van der Waals surface area contributed by atoms with Gasteiger partial charge < -0.3 is 5.11 Å². The minimum absolute atomic E-state index is 0.387. The number of hydrogen-bond donors (Lipinski definition) is 1. The summed E-state index contributed by atoms with van der Waals surface area (Å²) >= 11 is 0. The molecule has 2 aliphatic carbocycles. The summed E-state index contributed by atoms with van der Waals surface area (Å²) in [4.78, 5) is 0. The Morgan fingerprint density at radius 2 is 2.06 bits per heavy atom. The Labute approximate surface area is 101 Å². The summed E-state index contributed by atoms with van der Waals surface area (Å²) in [6.07, 6.45) is 8.18. The van der Waals surface area contributed by atoms with Crippen molar-refractivity contribution in [3.05, 3.63) is 0 Å². The molecule has 0 aromatic rings. The minimum Gasteiger partial charge on any atom is -0.396 e. The van der Waals surface area contributed by atoms with E-state index in [1.807, 2.05) is 0 Å². The molecule has 2 bridgehead atoms. The Bertz CT molecular complexity index is 230. The molecule has 94 valence electrons. The average Bonchev–Trinajstić information content (AvgIpc) is 2.80. The van der Waals surface area contributed by atoms with E-state index >= 15 is 0 Å². The van der Waals surface area contributed by atoms with E-state index in [1.165, 1.54) is 32.1 Å². The molecule has 1 nitrogen and oxygen atoms in total. The van der Waals surface area contributed by atoms with Crippen molar-refractivity contribution in [2.45, 2.75) is 59.3 Å². The largest absolute Gasteiger partial charge is 0.396 e. The van der Waals surface area contributed by atoms with Gasteiger partial charge in [0.1, 0.15) is 0 Å². The molecule has 0 saturated heterocycles. The van der Waals surface area contributed by atoms with E-state index in [9.17, 15) is 5.11 Å². The molecule has 0 aromatic carbocycles. The van der Waals surface area contributed by atoms with Crippen molar-refractivity contribution in [1.29, 1.82) is 0 Å². The number of aliphatic hydroxyl groups excluding tert-OH is 1. The van der Waals surface area contributed by atoms with Crippen LogP contribution in [0.3, 0.4) is 0 Å².